The SMILES string of the molecule is CCOC(=O)C1=C(c2ccc(-c3ccccc3)cc2)NC(=O)/C1=C\c1ccccc1. The fraction of sp³-hybridized carbons (Fsp3) is 0.0769. The van der Waals surface area contributed by atoms with Crippen LogP contribution in [0.5, 0.6) is 0 Å². The molecule has 4 rings (SSSR count). The van der Waals surface area contributed by atoms with E-state index in [0.717, 1.165) is 22.3 Å². The molecule has 0 saturated heterocycles. The van der Waals surface area contributed by atoms with Gasteiger partial charge in [-0.25, -0.2) is 4.79 Å². The van der Waals surface area contributed by atoms with Crippen molar-refractivity contribution in [1.29, 1.82) is 0 Å². The molecule has 1 aliphatic rings. The van der Waals surface area contributed by atoms with E-state index in [0.29, 0.717) is 11.3 Å². The Morgan fingerprint density at radius 1 is 0.833 bits per heavy atom. The van der Waals surface area contributed by atoms with Crippen LogP contribution in [0.2, 0.25) is 0 Å². The van der Waals surface area contributed by atoms with Crippen LogP contribution in [0, 0.1) is 0 Å². The molecule has 1 aliphatic heterocycles. The lowest BCUT2D eigenvalue weighted by molar-refractivity contribution is -0.138. The first-order chi connectivity index (χ1) is 14.7. The van der Waals surface area contributed by atoms with Crippen molar-refractivity contribution in [2.75, 3.05) is 6.61 Å². The fourth-order valence-electron chi connectivity index (χ4n) is 3.44. The molecule has 0 bridgehead atoms. The largest absolute Gasteiger partial charge is 0.462 e. The summed E-state index contributed by atoms with van der Waals surface area (Å²) >= 11 is 0. The van der Waals surface area contributed by atoms with Crippen molar-refractivity contribution in [3.63, 3.8) is 0 Å². The Morgan fingerprint density at radius 2 is 1.40 bits per heavy atom. The maximum atomic E-state index is 12.8. The second-order valence-corrected chi connectivity index (χ2v) is 6.84. The molecule has 0 aromatic heterocycles. The Labute approximate surface area is 175 Å². The Kier molecular flexibility index (Phi) is 5.57. The van der Waals surface area contributed by atoms with Crippen LogP contribution in [0.25, 0.3) is 22.9 Å². The monoisotopic (exact) mass is 395 g/mol. The molecule has 0 saturated carbocycles. The van der Waals surface area contributed by atoms with E-state index in [9.17, 15) is 9.59 Å². The summed E-state index contributed by atoms with van der Waals surface area (Å²) in [7, 11) is 0. The third-order valence-corrected chi connectivity index (χ3v) is 4.87. The molecule has 0 fully saturated rings. The Hall–Kier alpha value is -3.92. The summed E-state index contributed by atoms with van der Waals surface area (Å²) in [4.78, 5) is 25.5. The molecule has 30 heavy (non-hydrogen) atoms. The Balaban J connectivity index is 1.77. The van der Waals surface area contributed by atoms with Crippen LogP contribution in [-0.4, -0.2) is 18.5 Å². The number of benzene rings is 3. The van der Waals surface area contributed by atoms with Gasteiger partial charge in [0.2, 0.25) is 0 Å². The minimum atomic E-state index is -0.514. The first-order valence-electron chi connectivity index (χ1n) is 9.83. The summed E-state index contributed by atoms with van der Waals surface area (Å²) in [5, 5.41) is 2.86. The van der Waals surface area contributed by atoms with Gasteiger partial charge in [0.15, 0.2) is 0 Å². The third-order valence-electron chi connectivity index (χ3n) is 4.87. The van der Waals surface area contributed by atoms with E-state index in [1.54, 1.807) is 13.0 Å². The molecule has 1 heterocycles. The highest BCUT2D eigenvalue weighted by Gasteiger charge is 2.33. The van der Waals surface area contributed by atoms with Gasteiger partial charge in [-0.2, -0.15) is 0 Å². The van der Waals surface area contributed by atoms with Gasteiger partial charge < -0.3 is 10.1 Å². The molecule has 0 unspecified atom stereocenters. The lowest BCUT2D eigenvalue weighted by atomic mass is 9.99. The number of esters is 1. The van der Waals surface area contributed by atoms with Crippen LogP contribution in [0.15, 0.2) is 96.1 Å². The highest BCUT2D eigenvalue weighted by atomic mass is 16.5. The zero-order chi connectivity index (χ0) is 20.9. The van der Waals surface area contributed by atoms with Crippen LogP contribution in [0.1, 0.15) is 18.1 Å². The molecule has 4 heteroatoms. The van der Waals surface area contributed by atoms with Crippen LogP contribution in [-0.2, 0) is 14.3 Å². The van der Waals surface area contributed by atoms with Gasteiger partial charge in [0.25, 0.3) is 5.91 Å². The van der Waals surface area contributed by atoms with Gasteiger partial charge in [-0.1, -0.05) is 84.9 Å². The van der Waals surface area contributed by atoms with Gasteiger partial charge in [-0.05, 0) is 35.3 Å². The Morgan fingerprint density at radius 3 is 2.03 bits per heavy atom. The number of hydrogen-bond acceptors (Lipinski definition) is 3. The molecule has 1 amide bonds. The van der Waals surface area contributed by atoms with Crippen molar-refractivity contribution in [3.05, 3.63) is 107 Å². The van der Waals surface area contributed by atoms with E-state index in [2.05, 4.69) is 5.32 Å². The highest BCUT2D eigenvalue weighted by Crippen LogP contribution is 2.32. The standard InChI is InChI=1S/C26H21NO3/c1-2-30-26(29)23-22(17-18-9-5-3-6-10-18)25(28)27-24(23)21-15-13-20(14-16-21)19-11-7-4-8-12-19/h3-17H,2H2,1H3,(H,27,28)/b22-17-. The predicted octanol–water partition coefficient (Wildman–Crippen LogP) is 4.84. The van der Waals surface area contributed by atoms with Crippen LogP contribution in [0.4, 0.5) is 0 Å². The molecular formula is C26H21NO3. The summed E-state index contributed by atoms with van der Waals surface area (Å²) in [6.45, 7) is 1.98. The molecule has 0 atom stereocenters. The van der Waals surface area contributed by atoms with Crippen molar-refractivity contribution >= 4 is 23.6 Å². The molecule has 0 spiro atoms. The van der Waals surface area contributed by atoms with E-state index < -0.39 is 5.97 Å². The number of nitrogens with one attached hydrogen (secondary N) is 1. The summed E-state index contributed by atoms with van der Waals surface area (Å²) in [5.74, 6) is -0.829. The minimum absolute atomic E-state index is 0.232. The zero-order valence-corrected chi connectivity index (χ0v) is 16.6. The maximum Gasteiger partial charge on any atom is 0.341 e. The quantitative estimate of drug-likeness (QED) is 0.497. The number of carbonyl (C=O) groups excluding carboxylic acids is 2. The van der Waals surface area contributed by atoms with E-state index in [1.165, 1.54) is 0 Å². The summed E-state index contributed by atoms with van der Waals surface area (Å²) in [6, 6.07) is 27.2. The van der Waals surface area contributed by atoms with E-state index in [1.807, 2.05) is 84.9 Å². The average molecular weight is 395 g/mol. The second-order valence-electron chi connectivity index (χ2n) is 6.84. The Bertz CT molecular complexity index is 1130. The molecule has 1 N–H and O–H groups in total. The number of rotatable bonds is 5. The number of ether oxygens (including phenoxy) is 1. The molecule has 4 nitrogen and oxygen atoms in total. The van der Waals surface area contributed by atoms with Crippen LogP contribution >= 0.6 is 0 Å². The van der Waals surface area contributed by atoms with Gasteiger partial charge in [0.1, 0.15) is 0 Å². The lowest BCUT2D eigenvalue weighted by Gasteiger charge is -2.08. The summed E-state index contributed by atoms with van der Waals surface area (Å²) in [6.07, 6.45) is 1.72. The van der Waals surface area contributed by atoms with Gasteiger partial charge in [0.05, 0.1) is 23.5 Å². The number of amides is 1. The van der Waals surface area contributed by atoms with Crippen molar-refractivity contribution in [1.82, 2.24) is 5.32 Å². The summed E-state index contributed by atoms with van der Waals surface area (Å²) < 4.78 is 5.26. The highest BCUT2D eigenvalue weighted by molar-refractivity contribution is 6.23. The van der Waals surface area contributed by atoms with E-state index >= 15 is 0 Å². The van der Waals surface area contributed by atoms with Crippen molar-refractivity contribution in [2.45, 2.75) is 6.92 Å². The minimum Gasteiger partial charge on any atom is -0.462 e. The summed E-state index contributed by atoms with van der Waals surface area (Å²) in [5.41, 5.74) is 4.79. The molecular weight excluding hydrogens is 374 g/mol. The topological polar surface area (TPSA) is 55.4 Å². The van der Waals surface area contributed by atoms with Gasteiger partial charge in [0, 0.05) is 0 Å². The van der Waals surface area contributed by atoms with Gasteiger partial charge >= 0.3 is 5.97 Å². The third kappa shape index (κ3) is 3.94. The van der Waals surface area contributed by atoms with Crippen molar-refractivity contribution in [2.24, 2.45) is 0 Å². The molecule has 148 valence electrons. The molecule has 0 aliphatic carbocycles. The normalized spacial score (nSPS) is 14.7. The van der Waals surface area contributed by atoms with E-state index in [-0.39, 0.29) is 18.1 Å². The smallest absolute Gasteiger partial charge is 0.341 e. The van der Waals surface area contributed by atoms with Gasteiger partial charge in [-0.3, -0.25) is 4.79 Å². The molecule has 3 aromatic carbocycles. The van der Waals surface area contributed by atoms with E-state index in [4.69, 9.17) is 4.74 Å². The van der Waals surface area contributed by atoms with Crippen molar-refractivity contribution in [3.8, 4) is 11.1 Å². The van der Waals surface area contributed by atoms with Gasteiger partial charge in [-0.15, -0.1) is 0 Å². The molecule has 0 radical (unpaired) electrons. The molecule has 3 aromatic rings. The fourth-order valence-corrected chi connectivity index (χ4v) is 3.44. The zero-order valence-electron chi connectivity index (χ0n) is 16.6. The lowest BCUT2D eigenvalue weighted by Crippen LogP contribution is -2.15. The predicted molar refractivity (Wildman–Crippen MR) is 118 cm³/mol. The van der Waals surface area contributed by atoms with Crippen LogP contribution in [0.3, 0.4) is 0 Å². The maximum absolute atomic E-state index is 12.8. The second kappa shape index (κ2) is 8.62. The number of hydrogen-bond donors (Lipinski definition) is 1. The first kappa shape index (κ1) is 19.4. The van der Waals surface area contributed by atoms with Crippen LogP contribution < -0.4 is 5.32 Å². The average Bonchev–Trinajstić information content (AvgIpc) is 3.11. The first-order valence-corrected chi connectivity index (χ1v) is 9.83. The van der Waals surface area contributed by atoms with Crippen molar-refractivity contribution < 1.29 is 14.3 Å². The number of carbonyl (C=O) groups is 2.